The van der Waals surface area contributed by atoms with Crippen molar-refractivity contribution >= 4 is 44.0 Å². The van der Waals surface area contributed by atoms with E-state index in [1.807, 2.05) is 0 Å². The number of fused-ring (bicyclic) bond motifs is 4. The summed E-state index contributed by atoms with van der Waals surface area (Å²) in [5, 5.41) is 20.1. The van der Waals surface area contributed by atoms with Crippen molar-refractivity contribution in [2.45, 2.75) is 19.3 Å². The maximum atomic E-state index is 13.3. The lowest BCUT2D eigenvalue weighted by Gasteiger charge is -1.97. The normalized spacial score (nSPS) is 14.1. The van der Waals surface area contributed by atoms with Crippen LogP contribution in [0.3, 0.4) is 0 Å². The van der Waals surface area contributed by atoms with Gasteiger partial charge < -0.3 is 10.1 Å². The molecule has 25 heavy (non-hydrogen) atoms. The van der Waals surface area contributed by atoms with E-state index in [1.165, 1.54) is 28.9 Å². The number of aryl methyl sites for hydroxylation is 2. The lowest BCUT2D eigenvalue weighted by atomic mass is 10.2. The largest absolute Gasteiger partial charge is 0.493 e. The van der Waals surface area contributed by atoms with Crippen LogP contribution in [0.2, 0.25) is 0 Å². The molecule has 1 aliphatic rings. The summed E-state index contributed by atoms with van der Waals surface area (Å²) < 4.78 is 13.3. The minimum absolute atomic E-state index is 0.148. The van der Waals surface area contributed by atoms with Crippen LogP contribution in [0.5, 0.6) is 5.88 Å². The Hall–Kier alpha value is -2.87. The van der Waals surface area contributed by atoms with Crippen LogP contribution in [-0.4, -0.2) is 20.1 Å². The third kappa shape index (κ3) is 2.21. The molecule has 0 unspecified atom stereocenters. The summed E-state index contributed by atoms with van der Waals surface area (Å²) >= 11 is 1.68. The molecule has 1 aromatic carbocycles. The SMILES string of the molecule is Oc1[nH]c2cc(F)ccc2c1N=Nc1ncnc2sc3c(c12)CCC3. The second kappa shape index (κ2) is 5.32. The molecule has 3 heterocycles. The summed E-state index contributed by atoms with van der Waals surface area (Å²) in [6, 6.07) is 4.19. The number of azo groups is 1. The Balaban J connectivity index is 1.65. The fourth-order valence-corrected chi connectivity index (χ4v) is 4.55. The van der Waals surface area contributed by atoms with Crippen LogP contribution in [0, 0.1) is 5.82 Å². The van der Waals surface area contributed by atoms with Crippen LogP contribution in [0.25, 0.3) is 21.1 Å². The highest BCUT2D eigenvalue weighted by Gasteiger charge is 2.21. The number of nitrogens with zero attached hydrogens (tertiary/aromatic N) is 4. The third-order valence-electron chi connectivity index (χ3n) is 4.44. The first-order chi connectivity index (χ1) is 12.2. The minimum atomic E-state index is -0.386. The molecule has 0 aliphatic heterocycles. The number of aromatic hydroxyl groups is 1. The summed E-state index contributed by atoms with van der Waals surface area (Å²) in [5.41, 5.74) is 2.00. The van der Waals surface area contributed by atoms with Gasteiger partial charge in [0.2, 0.25) is 5.88 Å². The number of hydrogen-bond acceptors (Lipinski definition) is 6. The molecule has 0 spiro atoms. The molecule has 4 aromatic rings. The third-order valence-corrected chi connectivity index (χ3v) is 5.64. The van der Waals surface area contributed by atoms with E-state index in [1.54, 1.807) is 17.4 Å². The predicted octanol–water partition coefficient (Wildman–Crippen LogP) is 4.92. The number of H-pyrrole nitrogens is 1. The lowest BCUT2D eigenvalue weighted by molar-refractivity contribution is 0.459. The van der Waals surface area contributed by atoms with Crippen molar-refractivity contribution in [2.75, 3.05) is 0 Å². The predicted molar refractivity (Wildman–Crippen MR) is 93.5 cm³/mol. The van der Waals surface area contributed by atoms with Crippen molar-refractivity contribution in [1.29, 1.82) is 0 Å². The quantitative estimate of drug-likeness (QED) is 0.501. The Morgan fingerprint density at radius 1 is 1.20 bits per heavy atom. The molecular weight excluding hydrogens is 341 g/mol. The number of hydrogen-bond donors (Lipinski definition) is 2. The van der Waals surface area contributed by atoms with Gasteiger partial charge >= 0.3 is 0 Å². The zero-order chi connectivity index (χ0) is 17.0. The molecule has 3 aromatic heterocycles. The van der Waals surface area contributed by atoms with Gasteiger partial charge in [0.1, 0.15) is 17.0 Å². The van der Waals surface area contributed by atoms with Gasteiger partial charge in [-0.15, -0.1) is 21.6 Å². The number of aromatic nitrogens is 3. The van der Waals surface area contributed by atoms with Crippen LogP contribution in [0.4, 0.5) is 15.9 Å². The Morgan fingerprint density at radius 3 is 3.04 bits per heavy atom. The standard InChI is InChI=1S/C17H12FN5OS/c18-8-4-5-9-11(6-8)21-16(24)14(9)22-23-15-13-10-2-1-3-12(10)25-17(13)20-7-19-15/h4-7,21,24H,1-3H2. The van der Waals surface area contributed by atoms with Gasteiger partial charge in [-0.1, -0.05) is 0 Å². The molecule has 0 bridgehead atoms. The highest BCUT2D eigenvalue weighted by molar-refractivity contribution is 7.19. The van der Waals surface area contributed by atoms with Crippen molar-refractivity contribution in [3.8, 4) is 5.88 Å². The molecule has 0 saturated carbocycles. The number of aromatic amines is 1. The summed E-state index contributed by atoms with van der Waals surface area (Å²) in [6.07, 6.45) is 4.69. The zero-order valence-electron chi connectivity index (χ0n) is 13.0. The van der Waals surface area contributed by atoms with Gasteiger partial charge in [-0.3, -0.25) is 0 Å². The molecule has 0 amide bonds. The van der Waals surface area contributed by atoms with Crippen molar-refractivity contribution < 1.29 is 9.50 Å². The molecule has 6 nitrogen and oxygen atoms in total. The monoisotopic (exact) mass is 353 g/mol. The Morgan fingerprint density at radius 2 is 2.12 bits per heavy atom. The minimum Gasteiger partial charge on any atom is -0.493 e. The van der Waals surface area contributed by atoms with Crippen molar-refractivity contribution in [2.24, 2.45) is 10.2 Å². The number of thiophene rings is 1. The van der Waals surface area contributed by atoms with Crippen LogP contribution in [-0.2, 0) is 12.8 Å². The first-order valence-electron chi connectivity index (χ1n) is 7.88. The van der Waals surface area contributed by atoms with Gasteiger partial charge in [0.25, 0.3) is 0 Å². The maximum absolute atomic E-state index is 13.3. The van der Waals surface area contributed by atoms with Gasteiger partial charge in [0.15, 0.2) is 11.5 Å². The average Bonchev–Trinajstić information content (AvgIpc) is 3.24. The Kier molecular flexibility index (Phi) is 3.08. The highest BCUT2D eigenvalue weighted by atomic mass is 32.1. The topological polar surface area (TPSA) is 86.5 Å². The second-order valence-electron chi connectivity index (χ2n) is 5.95. The van der Waals surface area contributed by atoms with E-state index in [2.05, 4.69) is 25.2 Å². The van der Waals surface area contributed by atoms with E-state index in [-0.39, 0.29) is 17.4 Å². The fraction of sp³-hybridized carbons (Fsp3) is 0.176. The fourth-order valence-electron chi connectivity index (χ4n) is 3.33. The summed E-state index contributed by atoms with van der Waals surface area (Å²) in [5.74, 6) is -0.0333. The first-order valence-corrected chi connectivity index (χ1v) is 8.69. The average molecular weight is 353 g/mol. The molecule has 0 radical (unpaired) electrons. The van der Waals surface area contributed by atoms with E-state index in [0.717, 1.165) is 29.5 Å². The Labute approximate surface area is 145 Å². The van der Waals surface area contributed by atoms with E-state index in [0.29, 0.717) is 16.7 Å². The number of nitrogens with one attached hydrogen (secondary N) is 1. The molecule has 124 valence electrons. The van der Waals surface area contributed by atoms with Crippen LogP contribution in [0.15, 0.2) is 34.8 Å². The molecule has 0 saturated heterocycles. The van der Waals surface area contributed by atoms with Gasteiger partial charge in [-0.05, 0) is 43.0 Å². The summed E-state index contributed by atoms with van der Waals surface area (Å²) in [6.45, 7) is 0. The van der Waals surface area contributed by atoms with E-state index in [4.69, 9.17) is 0 Å². The Bertz CT molecular complexity index is 1160. The van der Waals surface area contributed by atoms with Crippen molar-refractivity contribution in [3.63, 3.8) is 0 Å². The highest BCUT2D eigenvalue weighted by Crippen LogP contribution is 2.41. The molecule has 0 fully saturated rings. The smallest absolute Gasteiger partial charge is 0.218 e. The van der Waals surface area contributed by atoms with Crippen molar-refractivity contribution in [3.05, 3.63) is 40.8 Å². The molecule has 8 heteroatoms. The molecule has 5 rings (SSSR count). The van der Waals surface area contributed by atoms with Gasteiger partial charge in [0.05, 0.1) is 10.9 Å². The summed E-state index contributed by atoms with van der Waals surface area (Å²) in [4.78, 5) is 13.6. The van der Waals surface area contributed by atoms with Gasteiger partial charge in [-0.25, -0.2) is 14.4 Å². The number of benzene rings is 1. The van der Waals surface area contributed by atoms with E-state index >= 15 is 0 Å². The molecule has 1 aliphatic carbocycles. The van der Waals surface area contributed by atoms with Crippen LogP contribution < -0.4 is 0 Å². The van der Waals surface area contributed by atoms with Crippen LogP contribution >= 0.6 is 11.3 Å². The zero-order valence-corrected chi connectivity index (χ0v) is 13.8. The summed E-state index contributed by atoms with van der Waals surface area (Å²) in [7, 11) is 0. The van der Waals surface area contributed by atoms with E-state index in [9.17, 15) is 9.50 Å². The van der Waals surface area contributed by atoms with E-state index < -0.39 is 0 Å². The van der Waals surface area contributed by atoms with Crippen LogP contribution in [0.1, 0.15) is 16.9 Å². The van der Waals surface area contributed by atoms with Gasteiger partial charge in [-0.2, -0.15) is 0 Å². The molecule has 0 atom stereocenters. The lowest BCUT2D eigenvalue weighted by Crippen LogP contribution is -1.82. The first kappa shape index (κ1) is 14.5. The maximum Gasteiger partial charge on any atom is 0.218 e. The second-order valence-corrected chi connectivity index (χ2v) is 7.03. The number of rotatable bonds is 2. The van der Waals surface area contributed by atoms with Crippen molar-refractivity contribution in [1.82, 2.24) is 15.0 Å². The molecular formula is C17H12FN5OS. The number of halogens is 1. The molecule has 2 N–H and O–H groups in total. The van der Waals surface area contributed by atoms with Gasteiger partial charge in [0, 0.05) is 10.3 Å².